The second-order valence-electron chi connectivity index (χ2n) is 1.43. The van der Waals surface area contributed by atoms with Gasteiger partial charge in [-0.05, 0) is 26.7 Å². The molecule has 3 radical (unpaired) electrons. The first-order valence-electron chi connectivity index (χ1n) is 2.72. The van der Waals surface area contributed by atoms with Crippen LogP contribution in [-0.4, -0.2) is 0 Å². The summed E-state index contributed by atoms with van der Waals surface area (Å²) >= 11 is 0. The summed E-state index contributed by atoms with van der Waals surface area (Å²) in [6, 6.07) is 0. The highest BCUT2D eigenvalue weighted by Gasteiger charge is 1.67. The highest BCUT2D eigenvalue weighted by atomic mass is 13.7. The van der Waals surface area contributed by atoms with Crippen molar-refractivity contribution in [2.75, 3.05) is 0 Å². The second-order valence-corrected chi connectivity index (χ2v) is 1.43. The summed E-state index contributed by atoms with van der Waals surface area (Å²) in [6.07, 6.45) is 9.26. The van der Waals surface area contributed by atoms with E-state index in [0.717, 1.165) is 12.8 Å². The molecule has 0 unspecified atom stereocenters. The van der Waals surface area contributed by atoms with E-state index in [4.69, 9.17) is 6.92 Å². The van der Waals surface area contributed by atoms with Crippen molar-refractivity contribution in [3.63, 3.8) is 0 Å². The van der Waals surface area contributed by atoms with E-state index in [-0.39, 0.29) is 0 Å². The summed E-state index contributed by atoms with van der Waals surface area (Å²) in [6.45, 7) is 8.74. The average molecular weight is 107 g/mol. The van der Waals surface area contributed by atoms with Crippen LogP contribution in [0.1, 0.15) is 12.8 Å². The molecule has 0 heterocycles. The monoisotopic (exact) mass is 107 g/mol. The molecule has 0 aromatic carbocycles. The van der Waals surface area contributed by atoms with E-state index >= 15 is 0 Å². The van der Waals surface area contributed by atoms with Gasteiger partial charge in [0.25, 0.3) is 0 Å². The molecule has 0 rings (SSSR count). The maximum atomic E-state index is 5.22. The Bertz CT molecular complexity index is 78.0. The number of hydrogen-bond acceptors (Lipinski definition) is 0. The zero-order valence-electron chi connectivity index (χ0n) is 5.01. The van der Waals surface area contributed by atoms with Gasteiger partial charge in [0.2, 0.25) is 0 Å². The second kappa shape index (κ2) is 6.48. The van der Waals surface area contributed by atoms with Crippen molar-refractivity contribution in [1.82, 2.24) is 0 Å². The van der Waals surface area contributed by atoms with Gasteiger partial charge in [-0.15, -0.1) is 0 Å². The molecule has 0 aliphatic heterocycles. The first kappa shape index (κ1) is 7.48. The minimum absolute atomic E-state index is 0.724. The fourth-order valence-electron chi connectivity index (χ4n) is 0.350. The van der Waals surface area contributed by atoms with Crippen LogP contribution in [0.15, 0.2) is 24.3 Å². The molecule has 0 amide bonds. The Hall–Kier alpha value is -0.520. The Morgan fingerprint density at radius 3 is 2.62 bits per heavy atom. The lowest BCUT2D eigenvalue weighted by atomic mass is 10.3. The van der Waals surface area contributed by atoms with Crippen LogP contribution in [0, 0.1) is 13.8 Å². The molecule has 0 aliphatic carbocycles. The van der Waals surface area contributed by atoms with Crippen molar-refractivity contribution < 1.29 is 0 Å². The molecule has 0 aromatic rings. The Balaban J connectivity index is 3.07. The highest BCUT2D eigenvalue weighted by molar-refractivity contribution is 5.03. The molecule has 0 saturated carbocycles. The quantitative estimate of drug-likeness (QED) is 0.486. The maximum Gasteiger partial charge on any atom is -0.0313 e. The molecule has 0 aliphatic rings. The van der Waals surface area contributed by atoms with Gasteiger partial charge < -0.3 is 0 Å². The van der Waals surface area contributed by atoms with Crippen molar-refractivity contribution in [2.24, 2.45) is 0 Å². The van der Waals surface area contributed by atoms with Crippen LogP contribution in [0.5, 0.6) is 0 Å². The van der Waals surface area contributed by atoms with E-state index in [9.17, 15) is 0 Å². The Morgan fingerprint density at radius 1 is 1.38 bits per heavy atom. The summed E-state index contributed by atoms with van der Waals surface area (Å²) in [5.74, 6) is 0. The van der Waals surface area contributed by atoms with E-state index < -0.39 is 0 Å². The molecule has 0 aromatic heterocycles. The average Bonchev–Trinajstić information content (AvgIpc) is 1.81. The molecule has 0 spiro atoms. The molecule has 43 valence electrons. The van der Waals surface area contributed by atoms with Crippen LogP contribution in [-0.2, 0) is 0 Å². The third kappa shape index (κ3) is 5.48. The Kier molecular flexibility index (Phi) is 6.06. The summed E-state index contributed by atoms with van der Waals surface area (Å²) in [5.41, 5.74) is 0. The zero-order chi connectivity index (χ0) is 6.24. The fourth-order valence-corrected chi connectivity index (χ4v) is 0.350. The molecule has 0 N–H and O–H groups in total. The molecular weight excluding hydrogens is 96.1 g/mol. The first-order chi connectivity index (χ1) is 3.91. The standard InChI is InChI=1S/C8H11/c1-3-5-7-8-6-4-2/h1,4,6-8H,2-3,5H2. The van der Waals surface area contributed by atoms with Crippen molar-refractivity contribution in [3.8, 4) is 0 Å². The van der Waals surface area contributed by atoms with Gasteiger partial charge in [-0.1, -0.05) is 24.3 Å². The number of unbranched alkanes of at least 4 members (excludes halogenated alkanes) is 1. The fraction of sp³-hybridized carbons (Fsp3) is 0.250. The maximum absolute atomic E-state index is 5.22. The smallest absolute Gasteiger partial charge is 0.0313 e. The molecule has 0 saturated heterocycles. The molecule has 0 fully saturated rings. The number of allylic oxidation sites excluding steroid dienone is 4. The first-order valence-corrected chi connectivity index (χ1v) is 2.72. The van der Waals surface area contributed by atoms with Gasteiger partial charge in [0.1, 0.15) is 0 Å². The summed E-state index contributed by atoms with van der Waals surface area (Å²) in [4.78, 5) is 0. The lowest BCUT2D eigenvalue weighted by Crippen LogP contribution is -1.58. The molecule has 8 heavy (non-hydrogen) atoms. The summed E-state index contributed by atoms with van der Waals surface area (Å²) in [5, 5.41) is 0. The van der Waals surface area contributed by atoms with Crippen LogP contribution < -0.4 is 0 Å². The zero-order valence-corrected chi connectivity index (χ0v) is 5.01. The highest BCUT2D eigenvalue weighted by Crippen LogP contribution is 1.87. The minimum atomic E-state index is 0.724. The molecule has 0 heteroatoms. The van der Waals surface area contributed by atoms with Gasteiger partial charge in [0.15, 0.2) is 0 Å². The minimum Gasteiger partial charge on any atom is -0.0845 e. The Labute approximate surface area is 51.9 Å². The van der Waals surface area contributed by atoms with E-state index in [0.29, 0.717) is 0 Å². The summed E-state index contributed by atoms with van der Waals surface area (Å²) < 4.78 is 0. The van der Waals surface area contributed by atoms with Gasteiger partial charge in [-0.3, -0.25) is 0 Å². The molecule has 0 atom stereocenters. The lowest BCUT2D eigenvalue weighted by Gasteiger charge is -1.77. The van der Waals surface area contributed by atoms with Gasteiger partial charge in [-0.25, -0.2) is 0 Å². The van der Waals surface area contributed by atoms with Crippen LogP contribution in [0.3, 0.4) is 0 Å². The van der Waals surface area contributed by atoms with Crippen LogP contribution in [0.4, 0.5) is 0 Å². The van der Waals surface area contributed by atoms with Crippen molar-refractivity contribution in [3.05, 3.63) is 38.2 Å². The normalized spacial score (nSPS) is 11.8. The van der Waals surface area contributed by atoms with E-state index in [1.165, 1.54) is 0 Å². The topological polar surface area (TPSA) is 0 Å². The van der Waals surface area contributed by atoms with Crippen molar-refractivity contribution in [2.45, 2.75) is 12.8 Å². The third-order valence-corrected chi connectivity index (χ3v) is 0.717. The van der Waals surface area contributed by atoms with Gasteiger partial charge in [0.05, 0.1) is 0 Å². The van der Waals surface area contributed by atoms with E-state index in [1.807, 2.05) is 18.2 Å². The predicted molar refractivity (Wildman–Crippen MR) is 37.2 cm³/mol. The van der Waals surface area contributed by atoms with Gasteiger partial charge in [-0.2, -0.15) is 0 Å². The van der Waals surface area contributed by atoms with Crippen molar-refractivity contribution >= 4 is 0 Å². The number of rotatable bonds is 3. The van der Waals surface area contributed by atoms with E-state index in [2.05, 4.69) is 6.92 Å². The summed E-state index contributed by atoms with van der Waals surface area (Å²) in [7, 11) is 0. The van der Waals surface area contributed by atoms with Gasteiger partial charge >= 0.3 is 0 Å². The molecule has 0 bridgehead atoms. The van der Waals surface area contributed by atoms with Crippen LogP contribution in [0.25, 0.3) is 0 Å². The lowest BCUT2D eigenvalue weighted by molar-refractivity contribution is 1.05. The predicted octanol–water partition coefficient (Wildman–Crippen LogP) is 2.42. The largest absolute Gasteiger partial charge is 0.0845 e. The van der Waals surface area contributed by atoms with E-state index in [1.54, 1.807) is 6.08 Å². The molecule has 0 nitrogen and oxygen atoms in total. The SMILES string of the molecule is [CH]CCC=CC=C[CH2]. The Morgan fingerprint density at radius 2 is 2.12 bits per heavy atom. The van der Waals surface area contributed by atoms with Crippen LogP contribution in [0.2, 0.25) is 0 Å². The third-order valence-electron chi connectivity index (χ3n) is 0.717. The van der Waals surface area contributed by atoms with Crippen molar-refractivity contribution in [1.29, 1.82) is 0 Å². The molecular formula is C8H11. The van der Waals surface area contributed by atoms with Crippen LogP contribution >= 0.6 is 0 Å². The van der Waals surface area contributed by atoms with Gasteiger partial charge in [0, 0.05) is 0 Å². The number of hydrogen-bond donors (Lipinski definition) is 0.